The van der Waals surface area contributed by atoms with Crippen molar-refractivity contribution in [2.24, 2.45) is 0 Å². The second kappa shape index (κ2) is 8.29. The molecule has 0 aliphatic carbocycles. The topological polar surface area (TPSA) is 179 Å². The Kier molecular flexibility index (Phi) is 6.87. The summed E-state index contributed by atoms with van der Waals surface area (Å²) in [5.41, 5.74) is 0. The van der Waals surface area contributed by atoms with Gasteiger partial charge in [-0.1, -0.05) is 0 Å². The van der Waals surface area contributed by atoms with E-state index in [-0.39, 0.29) is 0 Å². The van der Waals surface area contributed by atoms with Crippen molar-refractivity contribution in [1.29, 1.82) is 0 Å². The molecule has 0 aromatic rings. The van der Waals surface area contributed by atoms with Crippen LogP contribution in [0.15, 0.2) is 0 Å². The van der Waals surface area contributed by atoms with E-state index in [4.69, 9.17) is 29.2 Å². The van der Waals surface area contributed by atoms with Gasteiger partial charge in [0.25, 0.3) is 0 Å². The second-order valence-electron chi connectivity index (χ2n) is 5.74. The van der Waals surface area contributed by atoms with Crippen molar-refractivity contribution in [2.45, 2.75) is 61.4 Å². The van der Waals surface area contributed by atoms with Crippen molar-refractivity contribution >= 4 is 0 Å². The molecule has 0 amide bonds. The Hall–Kier alpha value is -0.440. The number of rotatable bonds is 5. The van der Waals surface area contributed by atoms with Gasteiger partial charge in [0.05, 0.1) is 13.2 Å². The summed E-state index contributed by atoms with van der Waals surface area (Å²) in [7, 11) is 1.24. The Morgan fingerprint density at radius 3 is 1.71 bits per heavy atom. The van der Waals surface area contributed by atoms with Gasteiger partial charge in [-0.05, 0) is 0 Å². The molecule has 7 N–H and O–H groups in total. The molecule has 1 unspecified atom stereocenters. The van der Waals surface area contributed by atoms with Crippen LogP contribution in [-0.2, 0) is 18.9 Å². The average Bonchev–Trinajstić information content (AvgIpc) is 2.59. The molecule has 0 radical (unpaired) electrons. The lowest BCUT2D eigenvalue weighted by Gasteiger charge is -2.45. The maximum Gasteiger partial charge on any atom is 0.187 e. The van der Waals surface area contributed by atoms with Crippen LogP contribution in [0, 0.1) is 0 Å². The first-order chi connectivity index (χ1) is 11.3. The zero-order valence-electron chi connectivity index (χ0n) is 13.0. The van der Waals surface area contributed by atoms with Gasteiger partial charge in [-0.15, -0.1) is 0 Å². The summed E-state index contributed by atoms with van der Waals surface area (Å²) in [6.45, 7) is -1.21. The van der Waals surface area contributed by atoms with E-state index in [0.717, 1.165) is 0 Å². The lowest BCUT2D eigenvalue weighted by molar-refractivity contribution is -0.364. The fraction of sp³-hybridized carbons (Fsp3) is 1.00. The largest absolute Gasteiger partial charge is 0.394 e. The van der Waals surface area contributed by atoms with Crippen LogP contribution < -0.4 is 0 Å². The maximum atomic E-state index is 10.2. The summed E-state index contributed by atoms with van der Waals surface area (Å²) < 4.78 is 20.8. The number of aliphatic hydroxyl groups excluding tert-OH is 7. The van der Waals surface area contributed by atoms with Gasteiger partial charge < -0.3 is 54.7 Å². The van der Waals surface area contributed by atoms with E-state index in [0.29, 0.717) is 0 Å². The quantitative estimate of drug-likeness (QED) is 0.251. The highest BCUT2D eigenvalue weighted by Gasteiger charge is 2.50. The number of ether oxygens (including phenoxy) is 4. The van der Waals surface area contributed by atoms with E-state index < -0.39 is 74.6 Å². The second-order valence-corrected chi connectivity index (χ2v) is 5.74. The van der Waals surface area contributed by atoms with Gasteiger partial charge in [0.15, 0.2) is 12.6 Å². The summed E-state index contributed by atoms with van der Waals surface area (Å²) in [5, 5.41) is 67.8. The van der Waals surface area contributed by atoms with Gasteiger partial charge in [0, 0.05) is 7.11 Å². The zero-order chi connectivity index (χ0) is 18.0. The molecule has 11 nitrogen and oxygen atoms in total. The van der Waals surface area contributed by atoms with Crippen molar-refractivity contribution in [3.63, 3.8) is 0 Å². The third kappa shape index (κ3) is 3.71. The maximum absolute atomic E-state index is 10.2. The number of hydrogen-bond donors (Lipinski definition) is 7. The van der Waals surface area contributed by atoms with Gasteiger partial charge >= 0.3 is 0 Å². The SMILES string of the molecule is CO[C@H]1O[C@H](CO)[C@@H](O)[C@H](O)[C@@H]1O[C@H]1O[C@H](CO)[C@@H](O)C(O)[C@@H]1O. The molecule has 2 aliphatic rings. The Morgan fingerprint density at radius 2 is 1.21 bits per heavy atom. The van der Waals surface area contributed by atoms with E-state index >= 15 is 0 Å². The van der Waals surface area contributed by atoms with Crippen LogP contribution in [0.5, 0.6) is 0 Å². The van der Waals surface area contributed by atoms with Crippen LogP contribution in [0.25, 0.3) is 0 Å². The van der Waals surface area contributed by atoms with E-state index in [1.807, 2.05) is 0 Å². The summed E-state index contributed by atoms with van der Waals surface area (Å²) >= 11 is 0. The number of aliphatic hydroxyl groups is 7. The summed E-state index contributed by atoms with van der Waals surface area (Å²) in [6.07, 6.45) is -14.3. The Bertz CT molecular complexity index is 392. The van der Waals surface area contributed by atoms with Crippen LogP contribution in [0.4, 0.5) is 0 Å². The van der Waals surface area contributed by atoms with Crippen LogP contribution in [0.3, 0.4) is 0 Å². The number of methoxy groups -OCH3 is 1. The van der Waals surface area contributed by atoms with Crippen LogP contribution in [0.1, 0.15) is 0 Å². The third-order valence-corrected chi connectivity index (χ3v) is 4.20. The van der Waals surface area contributed by atoms with Crippen LogP contribution in [-0.4, -0.2) is 117 Å². The lowest BCUT2D eigenvalue weighted by Crippen LogP contribution is -2.64. The highest BCUT2D eigenvalue weighted by atomic mass is 16.8. The Balaban J connectivity index is 2.12. The van der Waals surface area contributed by atoms with Crippen molar-refractivity contribution < 1.29 is 54.7 Å². The molecule has 0 saturated carbocycles. The van der Waals surface area contributed by atoms with Gasteiger partial charge in [-0.2, -0.15) is 0 Å². The van der Waals surface area contributed by atoms with Gasteiger partial charge in [-0.3, -0.25) is 0 Å². The smallest absolute Gasteiger partial charge is 0.187 e. The monoisotopic (exact) mass is 356 g/mol. The Morgan fingerprint density at radius 1 is 0.708 bits per heavy atom. The third-order valence-electron chi connectivity index (χ3n) is 4.20. The molecule has 0 aromatic carbocycles. The molecule has 10 atom stereocenters. The highest BCUT2D eigenvalue weighted by molar-refractivity contribution is 4.93. The molecule has 0 spiro atoms. The summed E-state index contributed by atoms with van der Waals surface area (Å²) in [4.78, 5) is 0. The molecule has 0 bridgehead atoms. The molecule has 2 saturated heterocycles. The van der Waals surface area contributed by atoms with Gasteiger partial charge in [0.2, 0.25) is 0 Å². The predicted molar refractivity (Wildman–Crippen MR) is 73.4 cm³/mol. The molecule has 2 fully saturated rings. The molecule has 11 heteroatoms. The predicted octanol–water partition coefficient (Wildman–Crippen LogP) is -4.74. The van der Waals surface area contributed by atoms with E-state index in [1.165, 1.54) is 7.11 Å². The first-order valence-corrected chi connectivity index (χ1v) is 7.46. The van der Waals surface area contributed by atoms with Crippen molar-refractivity contribution in [3.8, 4) is 0 Å². The minimum Gasteiger partial charge on any atom is -0.394 e. The molecule has 142 valence electrons. The molecule has 0 aromatic heterocycles. The van der Waals surface area contributed by atoms with Crippen LogP contribution >= 0.6 is 0 Å². The zero-order valence-corrected chi connectivity index (χ0v) is 13.0. The average molecular weight is 356 g/mol. The van der Waals surface area contributed by atoms with Gasteiger partial charge in [0.1, 0.15) is 48.8 Å². The minimum atomic E-state index is -1.68. The van der Waals surface area contributed by atoms with E-state index in [2.05, 4.69) is 0 Å². The minimum absolute atomic E-state index is 0.565. The van der Waals surface area contributed by atoms with Gasteiger partial charge in [-0.25, -0.2) is 0 Å². The van der Waals surface area contributed by atoms with Crippen LogP contribution in [0.2, 0.25) is 0 Å². The summed E-state index contributed by atoms with van der Waals surface area (Å²) in [6, 6.07) is 0. The fourth-order valence-corrected chi connectivity index (χ4v) is 2.73. The fourth-order valence-electron chi connectivity index (χ4n) is 2.73. The van der Waals surface area contributed by atoms with Crippen molar-refractivity contribution in [2.75, 3.05) is 20.3 Å². The normalized spacial score (nSPS) is 50.0. The Labute approximate surface area is 137 Å². The molecule has 2 heterocycles. The standard InChI is InChI=1S/C13H24O11/c1-21-13-11(9(19)7(17)5(3-15)23-13)24-12-10(20)8(18)6(16)4(2-14)22-12/h4-20H,2-3H2,1H3/t4-,5-,6-,7-,8?,9+,10+,11+,12-,13+/m1/s1. The molecular weight excluding hydrogens is 332 g/mol. The van der Waals surface area contributed by atoms with E-state index in [9.17, 15) is 25.5 Å². The van der Waals surface area contributed by atoms with Crippen molar-refractivity contribution in [3.05, 3.63) is 0 Å². The molecular formula is C13H24O11. The molecule has 24 heavy (non-hydrogen) atoms. The molecule has 2 rings (SSSR count). The highest BCUT2D eigenvalue weighted by Crippen LogP contribution is 2.29. The summed E-state index contributed by atoms with van der Waals surface area (Å²) in [5.74, 6) is 0. The van der Waals surface area contributed by atoms with Crippen molar-refractivity contribution in [1.82, 2.24) is 0 Å². The number of hydrogen-bond acceptors (Lipinski definition) is 11. The molecule has 2 aliphatic heterocycles. The van der Waals surface area contributed by atoms with E-state index in [1.54, 1.807) is 0 Å². The first-order valence-electron chi connectivity index (χ1n) is 7.46. The first kappa shape index (κ1) is 19.9. The lowest BCUT2D eigenvalue weighted by atomic mass is 9.97.